The fraction of sp³-hybridized carbons (Fsp3) is 0.214. The molecule has 0 aliphatic rings. The largest absolute Gasteiger partial charge is 0.267 e. The van der Waals surface area contributed by atoms with Gasteiger partial charge >= 0.3 is 0 Å². The van der Waals surface area contributed by atoms with E-state index in [0.29, 0.717) is 0 Å². The minimum absolute atomic E-state index is 0.0595. The van der Waals surface area contributed by atoms with Gasteiger partial charge in [0.25, 0.3) is 0 Å². The quantitative estimate of drug-likeness (QED) is 0.922. The fourth-order valence-electron chi connectivity index (χ4n) is 1.84. The van der Waals surface area contributed by atoms with Crippen LogP contribution in [0.15, 0.2) is 48.7 Å². The van der Waals surface area contributed by atoms with Gasteiger partial charge in [-0.2, -0.15) is 0 Å². The van der Waals surface area contributed by atoms with Crippen molar-refractivity contribution in [3.63, 3.8) is 0 Å². The Bertz CT molecular complexity index is 657. The number of nitrogens with zero attached hydrogens (tertiary/aromatic N) is 1. The second kappa shape index (κ2) is 6.00. The number of benzene rings is 1. The van der Waals surface area contributed by atoms with Crippen LogP contribution in [0.25, 0.3) is 0 Å². The van der Waals surface area contributed by atoms with Crippen molar-refractivity contribution in [1.82, 2.24) is 4.98 Å². The molecular formula is C14H15FN2O2S. The Morgan fingerprint density at radius 3 is 2.50 bits per heavy atom. The summed E-state index contributed by atoms with van der Waals surface area (Å²) in [5.41, 5.74) is 0.949. The van der Waals surface area contributed by atoms with Crippen molar-refractivity contribution in [2.45, 2.75) is 12.8 Å². The Balaban J connectivity index is 2.06. The van der Waals surface area contributed by atoms with E-state index in [-0.39, 0.29) is 17.5 Å². The molecule has 0 aliphatic carbocycles. The lowest BCUT2D eigenvalue weighted by atomic mass is 10.0. The molecule has 1 aromatic heterocycles. The van der Waals surface area contributed by atoms with Crippen molar-refractivity contribution in [2.24, 2.45) is 0 Å². The zero-order valence-electron chi connectivity index (χ0n) is 11.0. The second-order valence-electron chi connectivity index (χ2n) is 4.56. The lowest BCUT2D eigenvalue weighted by molar-refractivity contribution is 0.595. The first kappa shape index (κ1) is 14.5. The number of nitrogens with one attached hydrogen (secondary N) is 1. The topological polar surface area (TPSA) is 59.1 Å². The fourth-order valence-corrected chi connectivity index (χ4v) is 3.22. The summed E-state index contributed by atoms with van der Waals surface area (Å²) < 4.78 is 39.1. The average Bonchev–Trinajstić information content (AvgIpc) is 2.41. The third kappa shape index (κ3) is 4.03. The molecule has 0 unspecified atom stereocenters. The first-order valence-corrected chi connectivity index (χ1v) is 7.78. The van der Waals surface area contributed by atoms with Gasteiger partial charge in [0.05, 0.1) is 11.9 Å². The van der Waals surface area contributed by atoms with Crippen molar-refractivity contribution in [3.05, 3.63) is 60.0 Å². The lowest BCUT2D eigenvalue weighted by Gasteiger charge is -2.13. The molecule has 0 spiro atoms. The van der Waals surface area contributed by atoms with Crippen LogP contribution in [0.5, 0.6) is 0 Å². The summed E-state index contributed by atoms with van der Waals surface area (Å²) >= 11 is 0. The maximum atomic E-state index is 12.7. The van der Waals surface area contributed by atoms with E-state index in [1.165, 1.54) is 6.07 Å². The third-order valence-electron chi connectivity index (χ3n) is 2.83. The molecule has 0 fully saturated rings. The number of anilines is 1. The highest BCUT2D eigenvalue weighted by Crippen LogP contribution is 2.18. The highest BCUT2D eigenvalue weighted by atomic mass is 32.2. The van der Waals surface area contributed by atoms with Crippen LogP contribution >= 0.6 is 0 Å². The number of sulfonamides is 1. The third-order valence-corrected chi connectivity index (χ3v) is 4.28. The van der Waals surface area contributed by atoms with E-state index in [1.807, 2.05) is 37.3 Å². The van der Waals surface area contributed by atoms with Gasteiger partial charge in [-0.25, -0.2) is 17.8 Å². The van der Waals surface area contributed by atoms with Crippen LogP contribution in [0.3, 0.4) is 0 Å². The molecule has 0 aliphatic heterocycles. The molecule has 1 atom stereocenters. The monoisotopic (exact) mass is 294 g/mol. The molecule has 1 heterocycles. The van der Waals surface area contributed by atoms with Crippen LogP contribution in [0.1, 0.15) is 18.4 Å². The van der Waals surface area contributed by atoms with E-state index in [4.69, 9.17) is 0 Å². The maximum Gasteiger partial charge on any atom is 0.234 e. The number of halogens is 1. The Morgan fingerprint density at radius 1 is 1.20 bits per heavy atom. The summed E-state index contributed by atoms with van der Waals surface area (Å²) in [6.07, 6.45) is 0.971. The van der Waals surface area contributed by atoms with Gasteiger partial charge in [0.15, 0.2) is 0 Å². The van der Waals surface area contributed by atoms with Crippen LogP contribution in [0.4, 0.5) is 10.2 Å². The molecule has 0 bridgehead atoms. The summed E-state index contributed by atoms with van der Waals surface area (Å²) in [4.78, 5) is 3.68. The predicted molar refractivity (Wildman–Crippen MR) is 76.5 cm³/mol. The van der Waals surface area contributed by atoms with Crippen LogP contribution in [-0.4, -0.2) is 19.2 Å². The molecule has 2 aromatic rings. The molecule has 2 rings (SSSR count). The van der Waals surface area contributed by atoms with E-state index >= 15 is 0 Å². The first-order chi connectivity index (χ1) is 9.46. The smallest absolute Gasteiger partial charge is 0.234 e. The van der Waals surface area contributed by atoms with E-state index < -0.39 is 15.8 Å². The molecular weight excluding hydrogens is 279 g/mol. The number of rotatable bonds is 5. The first-order valence-electron chi connectivity index (χ1n) is 6.13. The Kier molecular flexibility index (Phi) is 4.34. The zero-order valence-corrected chi connectivity index (χ0v) is 11.8. The molecule has 0 radical (unpaired) electrons. The van der Waals surface area contributed by atoms with Crippen LogP contribution in [-0.2, 0) is 10.0 Å². The van der Waals surface area contributed by atoms with Crippen LogP contribution in [0.2, 0.25) is 0 Å². The summed E-state index contributed by atoms with van der Waals surface area (Å²) in [6, 6.07) is 11.8. The van der Waals surface area contributed by atoms with E-state index in [0.717, 1.165) is 17.8 Å². The van der Waals surface area contributed by atoms with Crippen molar-refractivity contribution in [1.29, 1.82) is 0 Å². The van der Waals surface area contributed by atoms with Gasteiger partial charge < -0.3 is 0 Å². The highest BCUT2D eigenvalue weighted by Gasteiger charge is 2.17. The molecule has 1 N–H and O–H groups in total. The molecule has 6 heteroatoms. The maximum absolute atomic E-state index is 12.7. The Labute approximate surface area is 117 Å². The van der Waals surface area contributed by atoms with Gasteiger partial charge in [-0.1, -0.05) is 37.3 Å². The van der Waals surface area contributed by atoms with E-state index in [9.17, 15) is 12.8 Å². The highest BCUT2D eigenvalue weighted by molar-refractivity contribution is 7.92. The number of hydrogen-bond acceptors (Lipinski definition) is 3. The SMILES string of the molecule is C[C@@H](CS(=O)(=O)Nc1ccc(F)cn1)c1ccccc1. The standard InChI is InChI=1S/C14H15FN2O2S/c1-11(12-5-3-2-4-6-12)10-20(18,19)17-14-8-7-13(15)9-16-14/h2-9,11H,10H2,1H3,(H,16,17)/t11-/m0/s1. The van der Waals surface area contributed by atoms with Gasteiger partial charge in [-0.3, -0.25) is 4.72 Å². The molecule has 20 heavy (non-hydrogen) atoms. The minimum Gasteiger partial charge on any atom is -0.267 e. The molecule has 0 saturated heterocycles. The predicted octanol–water partition coefficient (Wildman–Crippen LogP) is 2.77. The average molecular weight is 294 g/mol. The summed E-state index contributed by atoms with van der Waals surface area (Å²) in [5, 5.41) is 0. The van der Waals surface area contributed by atoms with Crippen LogP contribution in [0, 0.1) is 5.82 Å². The summed E-state index contributed by atoms with van der Waals surface area (Å²) in [5.74, 6) is -0.595. The van der Waals surface area contributed by atoms with Gasteiger partial charge in [0, 0.05) is 0 Å². The van der Waals surface area contributed by atoms with Crippen molar-refractivity contribution in [3.8, 4) is 0 Å². The molecule has 4 nitrogen and oxygen atoms in total. The Hall–Kier alpha value is -1.95. The van der Waals surface area contributed by atoms with Gasteiger partial charge in [-0.15, -0.1) is 0 Å². The van der Waals surface area contributed by atoms with Crippen LogP contribution < -0.4 is 4.72 Å². The molecule has 106 valence electrons. The molecule has 0 amide bonds. The normalized spacial score (nSPS) is 12.9. The van der Waals surface area contributed by atoms with Gasteiger partial charge in [0.2, 0.25) is 10.0 Å². The van der Waals surface area contributed by atoms with Gasteiger partial charge in [-0.05, 0) is 23.6 Å². The lowest BCUT2D eigenvalue weighted by Crippen LogP contribution is -2.21. The van der Waals surface area contributed by atoms with E-state index in [1.54, 1.807) is 0 Å². The summed E-state index contributed by atoms with van der Waals surface area (Å²) in [6.45, 7) is 1.84. The van der Waals surface area contributed by atoms with Gasteiger partial charge in [0.1, 0.15) is 11.6 Å². The number of pyridine rings is 1. The molecule has 0 saturated carbocycles. The minimum atomic E-state index is -3.53. The second-order valence-corrected chi connectivity index (χ2v) is 6.32. The zero-order chi connectivity index (χ0) is 14.6. The number of hydrogen-bond donors (Lipinski definition) is 1. The van der Waals surface area contributed by atoms with Crippen molar-refractivity contribution in [2.75, 3.05) is 10.5 Å². The number of aromatic nitrogens is 1. The summed E-state index contributed by atoms with van der Waals surface area (Å²) in [7, 11) is -3.53. The van der Waals surface area contributed by atoms with E-state index in [2.05, 4.69) is 9.71 Å². The van der Waals surface area contributed by atoms with Crippen molar-refractivity contribution >= 4 is 15.8 Å². The molecule has 1 aromatic carbocycles. The van der Waals surface area contributed by atoms with Crippen molar-refractivity contribution < 1.29 is 12.8 Å². The Morgan fingerprint density at radius 2 is 1.90 bits per heavy atom.